The van der Waals surface area contributed by atoms with Crippen LogP contribution in [0.25, 0.3) is 0 Å². The number of ether oxygens (including phenoxy) is 1. The number of aryl methyl sites for hydroxylation is 1. The fourth-order valence-corrected chi connectivity index (χ4v) is 3.48. The van der Waals surface area contributed by atoms with Crippen molar-refractivity contribution in [1.82, 2.24) is 10.2 Å². The van der Waals surface area contributed by atoms with Gasteiger partial charge in [0, 0.05) is 19.5 Å². The lowest BCUT2D eigenvalue weighted by atomic mass is 10.1. The van der Waals surface area contributed by atoms with E-state index in [4.69, 9.17) is 4.74 Å². The normalized spacial score (nSPS) is 11.4. The van der Waals surface area contributed by atoms with Gasteiger partial charge in [0.15, 0.2) is 0 Å². The van der Waals surface area contributed by atoms with Gasteiger partial charge in [0.1, 0.15) is 11.8 Å². The van der Waals surface area contributed by atoms with E-state index in [0.29, 0.717) is 25.9 Å². The summed E-state index contributed by atoms with van der Waals surface area (Å²) in [5.74, 6) is 0.534. The molecule has 0 bridgehead atoms. The van der Waals surface area contributed by atoms with Crippen LogP contribution < -0.4 is 10.1 Å². The highest BCUT2D eigenvalue weighted by Gasteiger charge is 2.25. The van der Waals surface area contributed by atoms with Crippen molar-refractivity contribution < 1.29 is 14.3 Å². The van der Waals surface area contributed by atoms with E-state index in [0.717, 1.165) is 22.4 Å². The molecule has 0 heterocycles. The highest BCUT2D eigenvalue weighted by atomic mass is 16.5. The van der Waals surface area contributed by atoms with Gasteiger partial charge in [0.2, 0.25) is 11.8 Å². The van der Waals surface area contributed by atoms with Crippen molar-refractivity contribution >= 4 is 11.8 Å². The molecule has 0 saturated heterocycles. The fourth-order valence-electron chi connectivity index (χ4n) is 3.48. The minimum atomic E-state index is -0.593. The number of nitrogens with zero attached hydrogens (tertiary/aromatic N) is 1. The Morgan fingerprint density at radius 1 is 0.844 bits per heavy atom. The van der Waals surface area contributed by atoms with Gasteiger partial charge in [-0.15, -0.1) is 0 Å². The van der Waals surface area contributed by atoms with Crippen LogP contribution >= 0.6 is 0 Å². The van der Waals surface area contributed by atoms with Gasteiger partial charge in [-0.05, 0) is 42.2 Å². The molecule has 32 heavy (non-hydrogen) atoms. The number of rotatable bonds is 10. The summed E-state index contributed by atoms with van der Waals surface area (Å²) in [6.45, 7) is 2.57. The molecule has 2 amide bonds. The first-order valence-corrected chi connectivity index (χ1v) is 10.8. The van der Waals surface area contributed by atoms with Gasteiger partial charge in [0.25, 0.3) is 0 Å². The van der Waals surface area contributed by atoms with Crippen LogP contribution in [-0.4, -0.2) is 29.9 Å². The number of carbonyl (C=O) groups is 2. The molecule has 0 spiro atoms. The van der Waals surface area contributed by atoms with Crippen molar-refractivity contribution in [3.8, 4) is 5.75 Å². The number of amides is 2. The summed E-state index contributed by atoms with van der Waals surface area (Å²) in [6.07, 6.45) is 0.980. The summed E-state index contributed by atoms with van der Waals surface area (Å²) in [4.78, 5) is 27.7. The van der Waals surface area contributed by atoms with Gasteiger partial charge >= 0.3 is 0 Å². The van der Waals surface area contributed by atoms with E-state index in [1.807, 2.05) is 84.9 Å². The third-order valence-electron chi connectivity index (χ3n) is 5.46. The zero-order chi connectivity index (χ0) is 22.8. The van der Waals surface area contributed by atoms with Crippen LogP contribution in [0.3, 0.4) is 0 Å². The summed E-state index contributed by atoms with van der Waals surface area (Å²) in [5.41, 5.74) is 3.07. The topological polar surface area (TPSA) is 58.6 Å². The summed E-state index contributed by atoms with van der Waals surface area (Å²) in [6, 6.07) is 26.6. The second-order valence-corrected chi connectivity index (χ2v) is 7.73. The first kappa shape index (κ1) is 23.1. The van der Waals surface area contributed by atoms with Gasteiger partial charge < -0.3 is 15.0 Å². The van der Waals surface area contributed by atoms with Gasteiger partial charge in [-0.3, -0.25) is 9.59 Å². The Labute approximate surface area is 190 Å². The van der Waals surface area contributed by atoms with E-state index in [-0.39, 0.29) is 11.8 Å². The molecule has 0 radical (unpaired) electrons. The van der Waals surface area contributed by atoms with Crippen LogP contribution in [0.2, 0.25) is 0 Å². The standard InChI is InChI=1S/C27H30N2O3/c1-21(27(31)28-19-23-11-7-4-8-12-23)29(20-24-13-16-25(32-2)17-14-24)26(30)18-15-22-9-5-3-6-10-22/h3-14,16-17,21H,15,18-20H2,1-2H3,(H,28,31). The molecule has 3 rings (SSSR count). The van der Waals surface area contributed by atoms with Crippen LogP contribution in [0.4, 0.5) is 0 Å². The maximum atomic E-state index is 13.2. The molecule has 1 unspecified atom stereocenters. The SMILES string of the molecule is COc1ccc(CN(C(=O)CCc2ccccc2)C(C)C(=O)NCc2ccccc2)cc1. The quantitative estimate of drug-likeness (QED) is 0.520. The van der Waals surface area contributed by atoms with Crippen LogP contribution in [0.5, 0.6) is 5.75 Å². The van der Waals surface area contributed by atoms with Crippen molar-refractivity contribution in [3.63, 3.8) is 0 Å². The third kappa shape index (κ3) is 6.71. The number of hydrogen-bond acceptors (Lipinski definition) is 3. The van der Waals surface area contributed by atoms with E-state index in [1.165, 1.54) is 0 Å². The first-order chi connectivity index (χ1) is 15.6. The van der Waals surface area contributed by atoms with Crippen molar-refractivity contribution in [1.29, 1.82) is 0 Å². The molecule has 166 valence electrons. The lowest BCUT2D eigenvalue weighted by Crippen LogP contribution is -2.47. The maximum Gasteiger partial charge on any atom is 0.242 e. The second-order valence-electron chi connectivity index (χ2n) is 7.73. The molecule has 0 saturated carbocycles. The van der Waals surface area contributed by atoms with Crippen LogP contribution in [0.1, 0.15) is 30.0 Å². The summed E-state index contributed by atoms with van der Waals surface area (Å²) in [5, 5.41) is 2.96. The number of carbonyl (C=O) groups excluding carboxylic acids is 2. The highest BCUT2D eigenvalue weighted by molar-refractivity contribution is 5.87. The molecular weight excluding hydrogens is 400 g/mol. The molecule has 0 aliphatic carbocycles. The molecule has 5 heteroatoms. The monoisotopic (exact) mass is 430 g/mol. The van der Waals surface area contributed by atoms with Gasteiger partial charge in [-0.2, -0.15) is 0 Å². The molecule has 5 nitrogen and oxygen atoms in total. The number of hydrogen-bond donors (Lipinski definition) is 1. The van der Waals surface area contributed by atoms with Crippen molar-refractivity contribution in [3.05, 3.63) is 102 Å². The van der Waals surface area contributed by atoms with Crippen molar-refractivity contribution in [2.75, 3.05) is 7.11 Å². The molecule has 1 N–H and O–H groups in total. The highest BCUT2D eigenvalue weighted by Crippen LogP contribution is 2.16. The minimum Gasteiger partial charge on any atom is -0.497 e. The molecule has 0 aliphatic heterocycles. The van der Waals surface area contributed by atoms with E-state index >= 15 is 0 Å². The smallest absolute Gasteiger partial charge is 0.242 e. The van der Waals surface area contributed by atoms with E-state index in [9.17, 15) is 9.59 Å². The number of nitrogens with one attached hydrogen (secondary N) is 1. The molecule has 0 aliphatic rings. The Morgan fingerprint density at radius 3 is 2.03 bits per heavy atom. The maximum absolute atomic E-state index is 13.2. The van der Waals surface area contributed by atoms with Gasteiger partial charge in [-0.25, -0.2) is 0 Å². The summed E-state index contributed by atoms with van der Waals surface area (Å²) < 4.78 is 5.22. The molecule has 3 aromatic carbocycles. The Balaban J connectivity index is 1.69. The number of methoxy groups -OCH3 is 1. The Morgan fingerprint density at radius 2 is 1.44 bits per heavy atom. The zero-order valence-corrected chi connectivity index (χ0v) is 18.7. The number of benzene rings is 3. The lowest BCUT2D eigenvalue weighted by Gasteiger charge is -2.29. The zero-order valence-electron chi connectivity index (χ0n) is 18.7. The van der Waals surface area contributed by atoms with Crippen LogP contribution in [0, 0.1) is 0 Å². The average molecular weight is 431 g/mol. The molecular formula is C27H30N2O3. The Kier molecular flexibility index (Phi) is 8.44. The predicted molar refractivity (Wildman–Crippen MR) is 126 cm³/mol. The van der Waals surface area contributed by atoms with Gasteiger partial charge in [-0.1, -0.05) is 72.8 Å². The lowest BCUT2D eigenvalue weighted by molar-refractivity contribution is -0.140. The summed E-state index contributed by atoms with van der Waals surface area (Å²) >= 11 is 0. The minimum absolute atomic E-state index is 0.0490. The molecule has 0 fully saturated rings. The van der Waals surface area contributed by atoms with E-state index < -0.39 is 6.04 Å². The van der Waals surface area contributed by atoms with Crippen LogP contribution in [0.15, 0.2) is 84.9 Å². The molecule has 1 atom stereocenters. The van der Waals surface area contributed by atoms with Crippen molar-refractivity contribution in [2.45, 2.75) is 38.9 Å². The van der Waals surface area contributed by atoms with Crippen LogP contribution in [-0.2, 0) is 29.1 Å². The first-order valence-electron chi connectivity index (χ1n) is 10.8. The Hall–Kier alpha value is -3.60. The molecule has 3 aromatic rings. The van der Waals surface area contributed by atoms with E-state index in [1.54, 1.807) is 18.9 Å². The largest absolute Gasteiger partial charge is 0.497 e. The third-order valence-corrected chi connectivity index (χ3v) is 5.46. The Bertz CT molecular complexity index is 988. The predicted octanol–water partition coefficient (Wildman–Crippen LogP) is 4.36. The van der Waals surface area contributed by atoms with Gasteiger partial charge in [0.05, 0.1) is 7.11 Å². The second kappa shape index (κ2) is 11.7. The van der Waals surface area contributed by atoms with Crippen molar-refractivity contribution in [2.24, 2.45) is 0 Å². The molecule has 0 aromatic heterocycles. The summed E-state index contributed by atoms with van der Waals surface area (Å²) in [7, 11) is 1.62. The van der Waals surface area contributed by atoms with E-state index in [2.05, 4.69) is 5.32 Å². The average Bonchev–Trinajstić information content (AvgIpc) is 2.85. The fraction of sp³-hybridized carbons (Fsp3) is 0.259.